The van der Waals surface area contributed by atoms with Crippen LogP contribution in [0.2, 0.25) is 0 Å². The normalized spacial score (nSPS) is 12.5. The number of nitrogens with one attached hydrogen (secondary N) is 1. The summed E-state index contributed by atoms with van der Waals surface area (Å²) < 4.78 is 8.89. The van der Waals surface area contributed by atoms with Gasteiger partial charge in [0, 0.05) is 10.5 Å². The van der Waals surface area contributed by atoms with Gasteiger partial charge < -0.3 is 10.1 Å². The number of halogens is 3. The van der Waals surface area contributed by atoms with Crippen molar-refractivity contribution < 1.29 is 4.74 Å². The zero-order valence-corrected chi connectivity index (χ0v) is 16.1. The Morgan fingerprint density at radius 3 is 2.26 bits per heavy atom. The molecule has 1 aromatic rings. The van der Waals surface area contributed by atoms with Gasteiger partial charge in [-0.15, -0.1) is 0 Å². The second-order valence-corrected chi connectivity index (χ2v) is 7.07. The van der Waals surface area contributed by atoms with Gasteiger partial charge in [-0.2, -0.15) is 0 Å². The fraction of sp³-hybridized carbons (Fsp3) is 0.571. The van der Waals surface area contributed by atoms with E-state index in [4.69, 9.17) is 4.74 Å². The van der Waals surface area contributed by atoms with Crippen LogP contribution in [0.25, 0.3) is 0 Å². The first kappa shape index (κ1) is 17.5. The molecule has 19 heavy (non-hydrogen) atoms. The van der Waals surface area contributed by atoms with Gasteiger partial charge in [-0.25, -0.2) is 0 Å². The standard InChI is InChI=1S/C14H20Br3NO/c1-3-5-11(18-6-4-2)9-19-14-12(16)7-10(15)8-13(14)17/h7-8,11,18H,3-6,9H2,1-2H3. The van der Waals surface area contributed by atoms with Crippen molar-refractivity contribution >= 4 is 47.8 Å². The Bertz CT molecular complexity index is 375. The summed E-state index contributed by atoms with van der Waals surface area (Å²) in [5.41, 5.74) is 0. The molecular formula is C14H20Br3NO. The SMILES string of the molecule is CCCNC(CCC)COc1c(Br)cc(Br)cc1Br. The average Bonchev–Trinajstić information content (AvgIpc) is 2.34. The van der Waals surface area contributed by atoms with Gasteiger partial charge in [0.1, 0.15) is 12.4 Å². The molecule has 1 rings (SSSR count). The third-order valence-electron chi connectivity index (χ3n) is 2.71. The number of rotatable bonds is 8. The van der Waals surface area contributed by atoms with Crippen LogP contribution in [-0.4, -0.2) is 19.2 Å². The maximum Gasteiger partial charge on any atom is 0.147 e. The van der Waals surface area contributed by atoms with Gasteiger partial charge in [0.25, 0.3) is 0 Å². The van der Waals surface area contributed by atoms with E-state index in [2.05, 4.69) is 67.0 Å². The highest BCUT2D eigenvalue weighted by molar-refractivity contribution is 9.11. The van der Waals surface area contributed by atoms with Gasteiger partial charge in [0.15, 0.2) is 0 Å². The number of ether oxygens (including phenoxy) is 1. The Balaban J connectivity index is 2.63. The van der Waals surface area contributed by atoms with Crippen molar-refractivity contribution in [2.24, 2.45) is 0 Å². The lowest BCUT2D eigenvalue weighted by Gasteiger charge is -2.19. The van der Waals surface area contributed by atoms with E-state index in [1.807, 2.05) is 12.1 Å². The molecule has 0 radical (unpaired) electrons. The van der Waals surface area contributed by atoms with E-state index in [1.165, 1.54) is 0 Å². The maximum absolute atomic E-state index is 5.96. The summed E-state index contributed by atoms with van der Waals surface area (Å²) in [4.78, 5) is 0. The van der Waals surface area contributed by atoms with E-state index in [9.17, 15) is 0 Å². The van der Waals surface area contributed by atoms with Gasteiger partial charge in [-0.1, -0.05) is 36.2 Å². The van der Waals surface area contributed by atoms with E-state index in [0.717, 1.165) is 45.0 Å². The predicted molar refractivity (Wildman–Crippen MR) is 92.0 cm³/mol. The van der Waals surface area contributed by atoms with Crippen LogP contribution in [0.1, 0.15) is 33.1 Å². The molecule has 5 heteroatoms. The van der Waals surface area contributed by atoms with Crippen LogP contribution in [0.4, 0.5) is 0 Å². The Morgan fingerprint density at radius 1 is 1.11 bits per heavy atom. The van der Waals surface area contributed by atoms with E-state index < -0.39 is 0 Å². The lowest BCUT2D eigenvalue weighted by Crippen LogP contribution is -2.35. The fourth-order valence-corrected chi connectivity index (χ4v) is 4.28. The minimum absolute atomic E-state index is 0.410. The first-order valence-electron chi connectivity index (χ1n) is 6.59. The molecule has 0 heterocycles. The zero-order chi connectivity index (χ0) is 14.3. The van der Waals surface area contributed by atoms with Gasteiger partial charge in [0.2, 0.25) is 0 Å². The van der Waals surface area contributed by atoms with E-state index >= 15 is 0 Å². The minimum atomic E-state index is 0.410. The highest BCUT2D eigenvalue weighted by Crippen LogP contribution is 2.36. The summed E-state index contributed by atoms with van der Waals surface area (Å²) in [7, 11) is 0. The lowest BCUT2D eigenvalue weighted by atomic mass is 10.2. The summed E-state index contributed by atoms with van der Waals surface area (Å²) in [6.07, 6.45) is 3.44. The van der Waals surface area contributed by atoms with E-state index in [-0.39, 0.29) is 0 Å². The third-order valence-corrected chi connectivity index (χ3v) is 4.35. The average molecular weight is 458 g/mol. The fourth-order valence-electron chi connectivity index (χ4n) is 1.79. The quantitative estimate of drug-likeness (QED) is 0.554. The van der Waals surface area contributed by atoms with Gasteiger partial charge in [-0.05, 0) is 63.4 Å². The summed E-state index contributed by atoms with van der Waals surface area (Å²) in [6.45, 7) is 6.11. The molecule has 0 fully saturated rings. The largest absolute Gasteiger partial charge is 0.490 e. The molecule has 1 N–H and O–H groups in total. The molecule has 1 atom stereocenters. The van der Waals surface area contributed by atoms with Gasteiger partial charge in [0.05, 0.1) is 8.95 Å². The van der Waals surface area contributed by atoms with Crippen LogP contribution >= 0.6 is 47.8 Å². The summed E-state index contributed by atoms with van der Waals surface area (Å²) in [6, 6.07) is 4.40. The highest BCUT2D eigenvalue weighted by Gasteiger charge is 2.12. The Hall–Kier alpha value is 0.420. The molecule has 0 aliphatic carbocycles. The third kappa shape index (κ3) is 6.15. The summed E-state index contributed by atoms with van der Waals surface area (Å²) in [5, 5.41) is 3.53. The molecule has 0 aliphatic rings. The Kier molecular flexibility index (Phi) is 8.62. The van der Waals surface area contributed by atoms with Crippen LogP contribution < -0.4 is 10.1 Å². The molecule has 1 unspecified atom stereocenters. The number of benzene rings is 1. The molecule has 1 aromatic carbocycles. The molecule has 0 saturated heterocycles. The molecule has 108 valence electrons. The van der Waals surface area contributed by atoms with E-state index in [0.29, 0.717) is 12.6 Å². The predicted octanol–water partition coefficient (Wildman–Crippen LogP) is 5.52. The smallest absolute Gasteiger partial charge is 0.147 e. The molecule has 0 spiro atoms. The molecule has 0 saturated carbocycles. The van der Waals surface area contributed by atoms with Crippen molar-refractivity contribution in [1.29, 1.82) is 0 Å². The van der Waals surface area contributed by atoms with Crippen molar-refractivity contribution in [2.45, 2.75) is 39.2 Å². The Morgan fingerprint density at radius 2 is 1.74 bits per heavy atom. The highest BCUT2D eigenvalue weighted by atomic mass is 79.9. The van der Waals surface area contributed by atoms with Crippen LogP contribution in [0.3, 0.4) is 0 Å². The van der Waals surface area contributed by atoms with Crippen LogP contribution in [0, 0.1) is 0 Å². The minimum Gasteiger partial charge on any atom is -0.490 e. The molecular weight excluding hydrogens is 438 g/mol. The van der Waals surface area contributed by atoms with Crippen molar-refractivity contribution in [3.8, 4) is 5.75 Å². The summed E-state index contributed by atoms with van der Waals surface area (Å²) >= 11 is 10.5. The number of hydrogen-bond acceptors (Lipinski definition) is 2. The van der Waals surface area contributed by atoms with Crippen molar-refractivity contribution in [2.75, 3.05) is 13.2 Å². The van der Waals surface area contributed by atoms with Gasteiger partial charge >= 0.3 is 0 Å². The first-order chi connectivity index (χ1) is 9.08. The Labute approximate surface area is 141 Å². The van der Waals surface area contributed by atoms with Gasteiger partial charge in [-0.3, -0.25) is 0 Å². The van der Waals surface area contributed by atoms with Crippen LogP contribution in [0.5, 0.6) is 5.75 Å². The molecule has 0 aromatic heterocycles. The monoisotopic (exact) mass is 455 g/mol. The zero-order valence-electron chi connectivity index (χ0n) is 11.3. The van der Waals surface area contributed by atoms with E-state index in [1.54, 1.807) is 0 Å². The lowest BCUT2D eigenvalue weighted by molar-refractivity contribution is 0.253. The molecule has 2 nitrogen and oxygen atoms in total. The molecule has 0 bridgehead atoms. The molecule has 0 aliphatic heterocycles. The maximum atomic E-state index is 5.96. The van der Waals surface area contributed by atoms with Crippen molar-refractivity contribution in [1.82, 2.24) is 5.32 Å². The van der Waals surface area contributed by atoms with Crippen LogP contribution in [-0.2, 0) is 0 Å². The second-order valence-electron chi connectivity index (χ2n) is 4.45. The molecule has 0 amide bonds. The number of hydrogen-bond donors (Lipinski definition) is 1. The topological polar surface area (TPSA) is 21.3 Å². The summed E-state index contributed by atoms with van der Waals surface area (Å²) in [5.74, 6) is 0.864. The van der Waals surface area contributed by atoms with Crippen LogP contribution in [0.15, 0.2) is 25.6 Å². The van der Waals surface area contributed by atoms with Crippen molar-refractivity contribution in [3.63, 3.8) is 0 Å². The second kappa shape index (κ2) is 9.37. The van der Waals surface area contributed by atoms with Crippen molar-refractivity contribution in [3.05, 3.63) is 25.6 Å². The first-order valence-corrected chi connectivity index (χ1v) is 8.97.